The second-order valence-electron chi connectivity index (χ2n) is 4.10. The van der Waals surface area contributed by atoms with Crippen molar-refractivity contribution in [3.8, 4) is 0 Å². The lowest BCUT2D eigenvalue weighted by Gasteiger charge is -2.22. The Bertz CT molecular complexity index is 230. The number of nitrogens with zero attached hydrogens (tertiary/aromatic N) is 1. The topological polar surface area (TPSA) is 60.8 Å². The minimum Gasteiger partial charge on any atom is -0.465 e. The summed E-state index contributed by atoms with van der Waals surface area (Å²) in [7, 11) is 0. The second-order valence-corrected chi connectivity index (χ2v) is 4.10. The molecule has 0 bridgehead atoms. The van der Waals surface area contributed by atoms with E-state index >= 15 is 0 Å². The number of likely N-dealkylation sites (tertiary alicyclic amines) is 1. The van der Waals surface area contributed by atoms with Crippen LogP contribution in [0.3, 0.4) is 0 Å². The summed E-state index contributed by atoms with van der Waals surface area (Å²) in [5.74, 6) is 0. The minimum absolute atomic E-state index is 0.0433. The number of piperidine rings is 1. The van der Waals surface area contributed by atoms with Gasteiger partial charge in [-0.25, -0.2) is 4.79 Å². The first kappa shape index (κ1) is 7.86. The number of carbonyl (C=O) groups is 1. The van der Waals surface area contributed by atoms with Crippen molar-refractivity contribution in [1.82, 2.24) is 4.90 Å². The smallest absolute Gasteiger partial charge is 0.407 e. The predicted octanol–water partition coefficient (Wildman–Crippen LogP) is 0.510. The van der Waals surface area contributed by atoms with Gasteiger partial charge in [-0.1, -0.05) is 6.92 Å². The van der Waals surface area contributed by atoms with Gasteiger partial charge in [-0.05, 0) is 18.3 Å². The number of carboxylic acid groups (broad SMARTS) is 1. The molecule has 1 saturated carbocycles. The fourth-order valence-electron chi connectivity index (χ4n) is 2.37. The summed E-state index contributed by atoms with van der Waals surface area (Å²) >= 11 is 0. The molecule has 1 heterocycles. The van der Waals surface area contributed by atoms with E-state index in [2.05, 4.69) is 6.92 Å². The van der Waals surface area contributed by atoms with E-state index in [1.807, 2.05) is 0 Å². The van der Waals surface area contributed by atoms with Crippen LogP contribution >= 0.6 is 0 Å². The molecular weight excluding hydrogens is 158 g/mol. The molecule has 1 saturated heterocycles. The standard InChI is InChI=1S/C8H13NO3/c1-8-2-5(4-10)9(7(11)12)6(8)3-8/h5-6,10H,2-4H2,1H3,(H,11,12)/t5-,6+,8-/m0/s1. The number of aliphatic hydroxyl groups excluding tert-OH is 1. The van der Waals surface area contributed by atoms with Gasteiger partial charge < -0.3 is 10.2 Å². The fraction of sp³-hybridized carbons (Fsp3) is 0.875. The van der Waals surface area contributed by atoms with Gasteiger partial charge in [0.1, 0.15) is 0 Å². The molecule has 4 nitrogen and oxygen atoms in total. The summed E-state index contributed by atoms with van der Waals surface area (Å²) < 4.78 is 0. The minimum atomic E-state index is -0.889. The highest BCUT2D eigenvalue weighted by Crippen LogP contribution is 2.58. The molecule has 3 atom stereocenters. The van der Waals surface area contributed by atoms with Gasteiger partial charge in [-0.2, -0.15) is 0 Å². The van der Waals surface area contributed by atoms with E-state index in [0.717, 1.165) is 12.8 Å². The van der Waals surface area contributed by atoms with Gasteiger partial charge in [-0.3, -0.25) is 4.90 Å². The molecule has 0 aromatic rings. The van der Waals surface area contributed by atoms with Crippen LogP contribution in [-0.2, 0) is 0 Å². The van der Waals surface area contributed by atoms with Crippen molar-refractivity contribution in [3.63, 3.8) is 0 Å². The number of amides is 1. The van der Waals surface area contributed by atoms with Crippen molar-refractivity contribution in [2.24, 2.45) is 5.41 Å². The molecule has 2 rings (SSSR count). The number of rotatable bonds is 1. The zero-order chi connectivity index (χ0) is 8.93. The number of aliphatic hydroxyl groups is 1. The zero-order valence-corrected chi connectivity index (χ0v) is 7.03. The highest BCUT2D eigenvalue weighted by Gasteiger charge is 2.62. The Balaban J connectivity index is 2.15. The van der Waals surface area contributed by atoms with Gasteiger partial charge in [0.25, 0.3) is 0 Å². The lowest BCUT2D eigenvalue weighted by atomic mass is 10.0. The first-order valence-electron chi connectivity index (χ1n) is 4.20. The third-order valence-electron chi connectivity index (χ3n) is 3.17. The normalized spacial score (nSPS) is 44.3. The van der Waals surface area contributed by atoms with E-state index < -0.39 is 6.09 Å². The predicted molar refractivity (Wildman–Crippen MR) is 41.9 cm³/mol. The Hall–Kier alpha value is -0.770. The lowest BCUT2D eigenvalue weighted by Crippen LogP contribution is -2.39. The largest absolute Gasteiger partial charge is 0.465 e. The van der Waals surface area contributed by atoms with Gasteiger partial charge in [0, 0.05) is 6.04 Å². The van der Waals surface area contributed by atoms with Gasteiger partial charge in [-0.15, -0.1) is 0 Å². The van der Waals surface area contributed by atoms with Gasteiger partial charge in [0.2, 0.25) is 0 Å². The summed E-state index contributed by atoms with van der Waals surface area (Å²) in [5, 5.41) is 17.8. The van der Waals surface area contributed by atoms with E-state index in [0.29, 0.717) is 0 Å². The van der Waals surface area contributed by atoms with E-state index in [9.17, 15) is 4.79 Å². The molecule has 68 valence electrons. The molecule has 4 heteroatoms. The summed E-state index contributed by atoms with van der Waals surface area (Å²) in [4.78, 5) is 12.2. The first-order valence-corrected chi connectivity index (χ1v) is 4.20. The summed E-state index contributed by atoms with van der Waals surface area (Å²) in [6.45, 7) is 2.04. The van der Waals surface area contributed by atoms with Crippen LogP contribution in [0.5, 0.6) is 0 Å². The van der Waals surface area contributed by atoms with Crippen LogP contribution < -0.4 is 0 Å². The molecule has 2 aliphatic rings. The summed E-state index contributed by atoms with van der Waals surface area (Å²) in [5.41, 5.74) is 0.172. The molecule has 2 fully saturated rings. The highest BCUT2D eigenvalue weighted by molar-refractivity contribution is 5.67. The van der Waals surface area contributed by atoms with Crippen molar-refractivity contribution >= 4 is 6.09 Å². The Morgan fingerprint density at radius 1 is 1.67 bits per heavy atom. The van der Waals surface area contributed by atoms with Crippen LogP contribution in [0, 0.1) is 5.41 Å². The Morgan fingerprint density at radius 3 is 2.75 bits per heavy atom. The van der Waals surface area contributed by atoms with Gasteiger partial charge >= 0.3 is 6.09 Å². The Kier molecular flexibility index (Phi) is 1.39. The SMILES string of the molecule is C[C@@]12C[C@@H](CO)N(C(=O)O)[C@@H]1C2. The van der Waals surface area contributed by atoms with Crippen LogP contribution in [0.2, 0.25) is 0 Å². The monoisotopic (exact) mass is 171 g/mol. The molecule has 0 unspecified atom stereocenters. The molecule has 1 aliphatic carbocycles. The van der Waals surface area contributed by atoms with Crippen molar-refractivity contribution in [1.29, 1.82) is 0 Å². The van der Waals surface area contributed by atoms with Crippen LogP contribution in [0.15, 0.2) is 0 Å². The van der Waals surface area contributed by atoms with E-state index in [-0.39, 0.29) is 24.1 Å². The van der Waals surface area contributed by atoms with Crippen LogP contribution in [0.4, 0.5) is 4.79 Å². The second kappa shape index (κ2) is 2.13. The van der Waals surface area contributed by atoms with Crippen molar-refractivity contribution in [2.45, 2.75) is 31.8 Å². The molecule has 0 aromatic carbocycles. The van der Waals surface area contributed by atoms with E-state index in [4.69, 9.17) is 10.2 Å². The maximum atomic E-state index is 10.8. The Labute approximate surface area is 70.8 Å². The number of hydrogen-bond acceptors (Lipinski definition) is 2. The molecule has 0 aromatic heterocycles. The van der Waals surface area contributed by atoms with Crippen LogP contribution in [-0.4, -0.2) is 39.9 Å². The summed E-state index contributed by atoms with van der Waals surface area (Å²) in [6, 6.07) is 0.0124. The lowest BCUT2D eigenvalue weighted by molar-refractivity contribution is 0.106. The third-order valence-corrected chi connectivity index (χ3v) is 3.17. The first-order chi connectivity index (χ1) is 5.58. The van der Waals surface area contributed by atoms with Crippen LogP contribution in [0.25, 0.3) is 0 Å². The summed E-state index contributed by atoms with van der Waals surface area (Å²) in [6.07, 6.45) is 0.899. The maximum Gasteiger partial charge on any atom is 0.407 e. The average molecular weight is 171 g/mol. The average Bonchev–Trinajstić information content (AvgIpc) is 2.53. The van der Waals surface area contributed by atoms with E-state index in [1.165, 1.54) is 4.90 Å². The molecular formula is C8H13NO3. The highest BCUT2D eigenvalue weighted by atomic mass is 16.4. The Morgan fingerprint density at radius 2 is 2.33 bits per heavy atom. The molecule has 12 heavy (non-hydrogen) atoms. The van der Waals surface area contributed by atoms with Gasteiger partial charge in [0.05, 0.1) is 12.6 Å². The van der Waals surface area contributed by atoms with Gasteiger partial charge in [0.15, 0.2) is 0 Å². The molecule has 1 amide bonds. The maximum absolute atomic E-state index is 10.8. The van der Waals surface area contributed by atoms with E-state index in [1.54, 1.807) is 0 Å². The van der Waals surface area contributed by atoms with Crippen molar-refractivity contribution in [2.75, 3.05) is 6.61 Å². The quantitative estimate of drug-likeness (QED) is 0.604. The van der Waals surface area contributed by atoms with Crippen molar-refractivity contribution in [3.05, 3.63) is 0 Å². The molecule has 0 spiro atoms. The molecule has 1 aliphatic heterocycles. The zero-order valence-electron chi connectivity index (χ0n) is 7.03. The fourth-order valence-corrected chi connectivity index (χ4v) is 2.37. The number of hydrogen-bond donors (Lipinski definition) is 2. The van der Waals surface area contributed by atoms with Crippen molar-refractivity contribution < 1.29 is 15.0 Å². The third kappa shape index (κ3) is 0.843. The number of fused-ring (bicyclic) bond motifs is 1. The molecule has 0 radical (unpaired) electrons. The van der Waals surface area contributed by atoms with Crippen LogP contribution in [0.1, 0.15) is 19.8 Å². The molecule has 2 N–H and O–H groups in total.